The van der Waals surface area contributed by atoms with Gasteiger partial charge >= 0.3 is 0 Å². The monoisotopic (exact) mass is 190 g/mol. The number of aromatic nitrogens is 1. The lowest BCUT2D eigenvalue weighted by molar-refractivity contribution is 0.101. The molecule has 0 radical (unpaired) electrons. The van der Waals surface area contributed by atoms with Crippen LogP contribution in [-0.4, -0.2) is 10.8 Å². The molecule has 0 spiro atoms. The van der Waals surface area contributed by atoms with Crippen molar-refractivity contribution in [2.75, 3.05) is 5.73 Å². The minimum absolute atomic E-state index is 0.00312. The van der Waals surface area contributed by atoms with Gasteiger partial charge in [-0.05, 0) is 44.2 Å². The number of pyridine rings is 1. The van der Waals surface area contributed by atoms with Crippen LogP contribution in [0.2, 0.25) is 0 Å². The zero-order chi connectivity index (χ0) is 10.1. The molecule has 0 amide bonds. The van der Waals surface area contributed by atoms with Gasteiger partial charge in [0.15, 0.2) is 5.78 Å². The number of carbonyl (C=O) groups is 1. The summed E-state index contributed by atoms with van der Waals surface area (Å²) in [6.45, 7) is 1.53. The molecule has 0 bridgehead atoms. The Hall–Kier alpha value is -1.38. The zero-order valence-electron chi connectivity index (χ0n) is 8.34. The first kappa shape index (κ1) is 9.19. The maximum absolute atomic E-state index is 11.2. The predicted octanol–water partition coefficient (Wildman–Crippen LogP) is 1.75. The van der Waals surface area contributed by atoms with Crippen LogP contribution in [0.5, 0.6) is 0 Å². The molecule has 2 rings (SSSR count). The number of rotatable bonds is 1. The van der Waals surface area contributed by atoms with E-state index < -0.39 is 0 Å². The van der Waals surface area contributed by atoms with Crippen LogP contribution in [0.4, 0.5) is 5.82 Å². The summed E-state index contributed by atoms with van der Waals surface area (Å²) in [6.07, 6.45) is 4.40. The number of anilines is 1. The van der Waals surface area contributed by atoms with Crippen molar-refractivity contribution in [2.45, 2.75) is 32.6 Å². The topological polar surface area (TPSA) is 56.0 Å². The van der Waals surface area contributed by atoms with Gasteiger partial charge in [-0.1, -0.05) is 0 Å². The van der Waals surface area contributed by atoms with E-state index in [1.165, 1.54) is 25.3 Å². The largest absolute Gasteiger partial charge is 0.383 e. The fourth-order valence-corrected chi connectivity index (χ4v) is 1.93. The first-order chi connectivity index (χ1) is 6.68. The van der Waals surface area contributed by atoms with Crippen molar-refractivity contribution in [1.82, 2.24) is 4.98 Å². The average molecular weight is 190 g/mol. The van der Waals surface area contributed by atoms with Gasteiger partial charge in [0.05, 0.1) is 5.56 Å². The highest BCUT2D eigenvalue weighted by Gasteiger charge is 2.15. The van der Waals surface area contributed by atoms with Crippen molar-refractivity contribution in [2.24, 2.45) is 0 Å². The molecule has 0 fully saturated rings. The Balaban J connectivity index is 2.50. The molecular weight excluding hydrogens is 176 g/mol. The highest BCUT2D eigenvalue weighted by molar-refractivity contribution is 5.98. The van der Waals surface area contributed by atoms with Crippen LogP contribution in [0.25, 0.3) is 0 Å². The van der Waals surface area contributed by atoms with Crippen LogP contribution >= 0.6 is 0 Å². The van der Waals surface area contributed by atoms with Crippen LogP contribution in [0.1, 0.15) is 41.4 Å². The van der Waals surface area contributed by atoms with Gasteiger partial charge in [-0.25, -0.2) is 4.98 Å². The van der Waals surface area contributed by atoms with Crippen LogP contribution < -0.4 is 5.73 Å². The molecule has 1 heterocycles. The highest BCUT2D eigenvalue weighted by Crippen LogP contribution is 2.23. The lowest BCUT2D eigenvalue weighted by Gasteiger charge is -2.16. The molecular formula is C11H14N2O. The van der Waals surface area contributed by atoms with Crippen LogP contribution in [0, 0.1) is 0 Å². The number of hydrogen-bond acceptors (Lipinski definition) is 3. The number of ketones is 1. The quantitative estimate of drug-likeness (QED) is 0.686. The fourth-order valence-electron chi connectivity index (χ4n) is 1.93. The highest BCUT2D eigenvalue weighted by atomic mass is 16.1. The van der Waals surface area contributed by atoms with Gasteiger partial charge in [-0.2, -0.15) is 0 Å². The maximum atomic E-state index is 11.2. The number of nitrogens with two attached hydrogens (primary N) is 1. The molecule has 3 nitrogen and oxygen atoms in total. The van der Waals surface area contributed by atoms with Crippen LogP contribution in [-0.2, 0) is 12.8 Å². The Morgan fingerprint density at radius 3 is 2.86 bits per heavy atom. The summed E-state index contributed by atoms with van der Waals surface area (Å²) in [7, 11) is 0. The smallest absolute Gasteiger partial charge is 0.163 e. The standard InChI is InChI=1S/C11H14N2O/c1-7(14)9-6-8-4-2-3-5-10(8)13-11(9)12/h6H,2-5H2,1H3,(H2,12,13). The predicted molar refractivity (Wildman–Crippen MR) is 55.3 cm³/mol. The van der Waals surface area contributed by atoms with Gasteiger partial charge in [0.2, 0.25) is 0 Å². The van der Waals surface area contributed by atoms with E-state index in [0.29, 0.717) is 11.4 Å². The number of aryl methyl sites for hydroxylation is 2. The molecule has 1 aromatic rings. The first-order valence-corrected chi connectivity index (χ1v) is 4.97. The number of carbonyl (C=O) groups excluding carboxylic acids is 1. The van der Waals surface area contributed by atoms with Crippen LogP contribution in [0.3, 0.4) is 0 Å². The van der Waals surface area contributed by atoms with E-state index in [1.807, 2.05) is 6.07 Å². The summed E-state index contributed by atoms with van der Waals surface area (Å²) < 4.78 is 0. The first-order valence-electron chi connectivity index (χ1n) is 4.97. The third-order valence-electron chi connectivity index (χ3n) is 2.71. The average Bonchev–Trinajstić information content (AvgIpc) is 2.16. The second kappa shape index (κ2) is 3.40. The van der Waals surface area contributed by atoms with Crippen molar-refractivity contribution in [1.29, 1.82) is 0 Å². The van der Waals surface area contributed by atoms with Crippen molar-refractivity contribution in [3.05, 3.63) is 22.9 Å². The molecule has 1 aliphatic rings. The fraction of sp³-hybridized carbons (Fsp3) is 0.455. The molecule has 14 heavy (non-hydrogen) atoms. The van der Waals surface area contributed by atoms with Gasteiger partial charge in [0.1, 0.15) is 5.82 Å². The van der Waals surface area contributed by atoms with Gasteiger partial charge in [-0.15, -0.1) is 0 Å². The van der Waals surface area contributed by atoms with E-state index in [9.17, 15) is 4.79 Å². The molecule has 3 heteroatoms. The summed E-state index contributed by atoms with van der Waals surface area (Å²) in [5, 5.41) is 0. The molecule has 74 valence electrons. The van der Waals surface area contributed by atoms with E-state index in [2.05, 4.69) is 4.98 Å². The minimum atomic E-state index is 0.00312. The molecule has 2 N–H and O–H groups in total. The second-order valence-corrected chi connectivity index (χ2v) is 3.79. The second-order valence-electron chi connectivity index (χ2n) is 3.79. The van der Waals surface area contributed by atoms with Crippen LogP contribution in [0.15, 0.2) is 6.07 Å². The Labute approximate surface area is 83.3 Å². The molecule has 0 atom stereocenters. The Kier molecular flexibility index (Phi) is 2.23. The van der Waals surface area contributed by atoms with Crippen molar-refractivity contribution >= 4 is 11.6 Å². The van der Waals surface area contributed by atoms with Gasteiger partial charge in [0.25, 0.3) is 0 Å². The maximum Gasteiger partial charge on any atom is 0.163 e. The molecule has 1 aromatic heterocycles. The van der Waals surface area contributed by atoms with Crippen molar-refractivity contribution < 1.29 is 4.79 Å². The molecule has 0 saturated heterocycles. The SMILES string of the molecule is CC(=O)c1cc2c(nc1N)CCCC2. The summed E-state index contributed by atoms with van der Waals surface area (Å²) >= 11 is 0. The summed E-state index contributed by atoms with van der Waals surface area (Å²) in [4.78, 5) is 15.5. The minimum Gasteiger partial charge on any atom is -0.383 e. The van der Waals surface area contributed by atoms with E-state index in [1.54, 1.807) is 0 Å². The van der Waals surface area contributed by atoms with E-state index in [-0.39, 0.29) is 5.78 Å². The lowest BCUT2D eigenvalue weighted by atomic mass is 9.94. The molecule has 0 unspecified atom stereocenters. The molecule has 0 saturated carbocycles. The van der Waals surface area contributed by atoms with Gasteiger partial charge in [0, 0.05) is 5.69 Å². The van der Waals surface area contributed by atoms with Crippen molar-refractivity contribution in [3.63, 3.8) is 0 Å². The Morgan fingerprint density at radius 1 is 1.43 bits per heavy atom. The molecule has 0 aliphatic heterocycles. The van der Waals surface area contributed by atoms with Gasteiger partial charge < -0.3 is 5.73 Å². The number of fused-ring (bicyclic) bond motifs is 1. The number of nitrogen functional groups attached to an aromatic ring is 1. The van der Waals surface area contributed by atoms with E-state index >= 15 is 0 Å². The summed E-state index contributed by atoms with van der Waals surface area (Å²) in [5.41, 5.74) is 8.57. The summed E-state index contributed by atoms with van der Waals surface area (Å²) in [5.74, 6) is 0.390. The molecule has 1 aliphatic carbocycles. The third kappa shape index (κ3) is 1.50. The van der Waals surface area contributed by atoms with Crippen molar-refractivity contribution in [3.8, 4) is 0 Å². The molecule has 0 aromatic carbocycles. The zero-order valence-corrected chi connectivity index (χ0v) is 8.34. The Bertz CT molecular complexity index is 385. The normalized spacial score (nSPS) is 14.9. The Morgan fingerprint density at radius 2 is 2.14 bits per heavy atom. The summed E-state index contributed by atoms with van der Waals surface area (Å²) in [6, 6.07) is 1.92. The lowest BCUT2D eigenvalue weighted by Crippen LogP contribution is -2.11. The van der Waals surface area contributed by atoms with E-state index in [4.69, 9.17) is 5.73 Å². The number of nitrogens with zero attached hydrogens (tertiary/aromatic N) is 1. The van der Waals surface area contributed by atoms with E-state index in [0.717, 1.165) is 18.5 Å². The number of Topliss-reactive ketones (excluding diaryl/α,β-unsaturated/α-hetero) is 1. The van der Waals surface area contributed by atoms with Gasteiger partial charge in [-0.3, -0.25) is 4.79 Å². The number of hydrogen-bond donors (Lipinski definition) is 1. The third-order valence-corrected chi connectivity index (χ3v) is 2.71.